The minimum Gasteiger partial charge on any atom is -0.256 e. The van der Waals surface area contributed by atoms with Crippen molar-refractivity contribution in [2.24, 2.45) is 0 Å². The molecule has 1 aromatic heterocycles. The average molecular weight is 182 g/mol. The van der Waals surface area contributed by atoms with Crippen molar-refractivity contribution >= 4 is 0 Å². The monoisotopic (exact) mass is 182 g/mol. The van der Waals surface area contributed by atoms with E-state index >= 15 is 0 Å². The molecule has 4 nitrogen and oxygen atoms in total. The molecule has 0 aliphatic heterocycles. The fourth-order valence-corrected chi connectivity index (χ4v) is 1.24. The molecule has 0 spiro atoms. The largest absolute Gasteiger partial charge is 0.256 e. The summed E-state index contributed by atoms with van der Waals surface area (Å²) in [5, 5.41) is 26.4. The second kappa shape index (κ2) is 3.56. The highest BCUT2D eigenvalue weighted by molar-refractivity contribution is 5.57. The van der Waals surface area contributed by atoms with Gasteiger partial charge >= 0.3 is 0 Å². The van der Waals surface area contributed by atoms with E-state index in [1.165, 1.54) is 0 Å². The molecule has 0 fully saturated rings. The molecule has 14 heavy (non-hydrogen) atoms. The Labute approximate surface area is 81.7 Å². The molecule has 0 saturated heterocycles. The predicted molar refractivity (Wildman–Crippen MR) is 47.9 cm³/mol. The first kappa shape index (κ1) is 9.71. The molecule has 1 heterocycles. The fourth-order valence-electron chi connectivity index (χ4n) is 1.24. The molecule has 0 bridgehead atoms. The molecule has 1 aromatic rings. The predicted octanol–water partition coefficient (Wildman–Crippen LogP) is 1.31. The lowest BCUT2D eigenvalue weighted by Crippen LogP contribution is -2.00. The van der Waals surface area contributed by atoms with Crippen LogP contribution in [0, 0.1) is 47.8 Å². The van der Waals surface area contributed by atoms with Gasteiger partial charge in [0, 0.05) is 0 Å². The third-order valence-electron chi connectivity index (χ3n) is 1.89. The maximum absolute atomic E-state index is 8.83. The standard InChI is InChI=1S/C10H6N4/c1-6-8(3-11)10(5-13)9(4-12)7(2)14-6/h1-2H3. The summed E-state index contributed by atoms with van der Waals surface area (Å²) in [6.45, 7) is 3.29. The van der Waals surface area contributed by atoms with E-state index in [0.29, 0.717) is 11.4 Å². The maximum Gasteiger partial charge on any atom is 0.102 e. The minimum atomic E-state index is 0.125. The van der Waals surface area contributed by atoms with Crippen LogP contribution in [0.3, 0.4) is 0 Å². The van der Waals surface area contributed by atoms with Gasteiger partial charge < -0.3 is 0 Å². The van der Waals surface area contributed by atoms with Gasteiger partial charge in [-0.2, -0.15) is 15.8 Å². The number of aryl methyl sites for hydroxylation is 2. The molecule has 0 aromatic carbocycles. The van der Waals surface area contributed by atoms with E-state index in [1.54, 1.807) is 13.8 Å². The summed E-state index contributed by atoms with van der Waals surface area (Å²) < 4.78 is 0. The lowest BCUT2D eigenvalue weighted by molar-refractivity contribution is 1.09. The number of rotatable bonds is 0. The highest BCUT2D eigenvalue weighted by Crippen LogP contribution is 2.17. The van der Waals surface area contributed by atoms with Crippen LogP contribution in [-0.4, -0.2) is 4.98 Å². The zero-order valence-electron chi connectivity index (χ0n) is 7.79. The zero-order valence-corrected chi connectivity index (χ0v) is 7.79. The van der Waals surface area contributed by atoms with E-state index in [-0.39, 0.29) is 16.7 Å². The van der Waals surface area contributed by atoms with Crippen LogP contribution in [0.2, 0.25) is 0 Å². The molecule has 66 valence electrons. The van der Waals surface area contributed by atoms with E-state index in [0.717, 1.165) is 0 Å². The van der Waals surface area contributed by atoms with Gasteiger partial charge in [-0.05, 0) is 13.8 Å². The third kappa shape index (κ3) is 1.28. The topological polar surface area (TPSA) is 84.3 Å². The normalized spacial score (nSPS) is 8.50. The van der Waals surface area contributed by atoms with E-state index in [1.807, 2.05) is 18.2 Å². The molecule has 4 heteroatoms. The Morgan fingerprint density at radius 3 is 1.43 bits per heavy atom. The fraction of sp³-hybridized carbons (Fsp3) is 0.200. The molecular formula is C10H6N4. The summed E-state index contributed by atoms with van der Waals surface area (Å²) in [7, 11) is 0. The Balaban J connectivity index is 3.76. The second-order valence-corrected chi connectivity index (χ2v) is 2.74. The van der Waals surface area contributed by atoms with Crippen molar-refractivity contribution in [3.63, 3.8) is 0 Å². The Kier molecular flexibility index (Phi) is 2.47. The molecule has 1 rings (SSSR count). The third-order valence-corrected chi connectivity index (χ3v) is 1.89. The number of aromatic nitrogens is 1. The molecule has 0 aliphatic carbocycles. The van der Waals surface area contributed by atoms with Crippen LogP contribution in [-0.2, 0) is 0 Å². The van der Waals surface area contributed by atoms with Crippen molar-refractivity contribution in [3.8, 4) is 18.2 Å². The van der Waals surface area contributed by atoms with Gasteiger partial charge in [0.1, 0.15) is 18.2 Å². The Morgan fingerprint density at radius 1 is 0.786 bits per heavy atom. The van der Waals surface area contributed by atoms with Crippen LogP contribution in [0.1, 0.15) is 28.1 Å². The molecule has 0 radical (unpaired) electrons. The van der Waals surface area contributed by atoms with Gasteiger partial charge in [0.25, 0.3) is 0 Å². The van der Waals surface area contributed by atoms with E-state index in [2.05, 4.69) is 4.98 Å². The van der Waals surface area contributed by atoms with Crippen molar-refractivity contribution in [2.45, 2.75) is 13.8 Å². The van der Waals surface area contributed by atoms with Crippen LogP contribution in [0.5, 0.6) is 0 Å². The smallest absolute Gasteiger partial charge is 0.102 e. The summed E-state index contributed by atoms with van der Waals surface area (Å²) >= 11 is 0. The number of nitriles is 3. The minimum absolute atomic E-state index is 0.125. The first-order valence-electron chi connectivity index (χ1n) is 3.87. The molecule has 0 N–H and O–H groups in total. The summed E-state index contributed by atoms with van der Waals surface area (Å²) in [4.78, 5) is 4.03. The second-order valence-electron chi connectivity index (χ2n) is 2.74. The number of hydrogen-bond acceptors (Lipinski definition) is 4. The molecule has 0 saturated carbocycles. The highest BCUT2D eigenvalue weighted by atomic mass is 14.7. The summed E-state index contributed by atoms with van der Waals surface area (Å²) in [5.41, 5.74) is 1.48. The van der Waals surface area contributed by atoms with Gasteiger partial charge in [-0.3, -0.25) is 4.98 Å². The van der Waals surface area contributed by atoms with Crippen molar-refractivity contribution in [1.29, 1.82) is 15.8 Å². The molecule has 0 amide bonds. The molecule has 0 aliphatic rings. The summed E-state index contributed by atoms with van der Waals surface area (Å²) in [6, 6.07) is 5.62. The van der Waals surface area contributed by atoms with Gasteiger partial charge in [0.05, 0.1) is 28.1 Å². The SMILES string of the molecule is Cc1nc(C)c(C#N)c(C#N)c1C#N. The van der Waals surface area contributed by atoms with Crippen LogP contribution in [0.25, 0.3) is 0 Å². The van der Waals surface area contributed by atoms with Crippen molar-refractivity contribution < 1.29 is 0 Å². The number of hydrogen-bond donors (Lipinski definition) is 0. The van der Waals surface area contributed by atoms with E-state index in [9.17, 15) is 0 Å². The van der Waals surface area contributed by atoms with E-state index in [4.69, 9.17) is 15.8 Å². The first-order valence-corrected chi connectivity index (χ1v) is 3.87. The summed E-state index contributed by atoms with van der Waals surface area (Å²) in [6.07, 6.45) is 0. The van der Waals surface area contributed by atoms with Gasteiger partial charge in [-0.15, -0.1) is 0 Å². The highest BCUT2D eigenvalue weighted by Gasteiger charge is 2.14. The lowest BCUT2D eigenvalue weighted by atomic mass is 10.0. The number of pyridine rings is 1. The maximum atomic E-state index is 8.83. The van der Waals surface area contributed by atoms with Gasteiger partial charge in [-0.1, -0.05) is 0 Å². The zero-order chi connectivity index (χ0) is 10.7. The number of nitrogens with zero attached hydrogens (tertiary/aromatic N) is 4. The van der Waals surface area contributed by atoms with Crippen molar-refractivity contribution in [3.05, 3.63) is 28.1 Å². The van der Waals surface area contributed by atoms with Crippen LogP contribution < -0.4 is 0 Å². The quantitative estimate of drug-likeness (QED) is 0.605. The summed E-state index contributed by atoms with van der Waals surface area (Å²) in [5.74, 6) is 0. The molecular weight excluding hydrogens is 176 g/mol. The Bertz CT molecular complexity index is 471. The van der Waals surface area contributed by atoms with Crippen molar-refractivity contribution in [2.75, 3.05) is 0 Å². The van der Waals surface area contributed by atoms with Crippen molar-refractivity contribution in [1.82, 2.24) is 4.98 Å². The lowest BCUT2D eigenvalue weighted by Gasteiger charge is -2.03. The van der Waals surface area contributed by atoms with E-state index < -0.39 is 0 Å². The van der Waals surface area contributed by atoms with Crippen LogP contribution in [0.15, 0.2) is 0 Å². The van der Waals surface area contributed by atoms with Gasteiger partial charge in [0.15, 0.2) is 0 Å². The van der Waals surface area contributed by atoms with Gasteiger partial charge in [-0.25, -0.2) is 0 Å². The Morgan fingerprint density at radius 2 is 1.14 bits per heavy atom. The van der Waals surface area contributed by atoms with Gasteiger partial charge in [0.2, 0.25) is 0 Å². The van der Waals surface area contributed by atoms with Crippen LogP contribution >= 0.6 is 0 Å². The average Bonchev–Trinajstić information content (AvgIpc) is 2.16. The molecule has 0 atom stereocenters. The first-order chi connectivity index (χ1) is 6.65. The Hall–Kier alpha value is -2.38. The van der Waals surface area contributed by atoms with Crippen LogP contribution in [0.4, 0.5) is 0 Å². The molecule has 0 unspecified atom stereocenters.